The van der Waals surface area contributed by atoms with E-state index < -0.39 is 6.10 Å². The molecule has 5 nitrogen and oxygen atoms in total. The van der Waals surface area contributed by atoms with Crippen LogP contribution >= 0.6 is 0 Å². The van der Waals surface area contributed by atoms with Crippen molar-refractivity contribution in [3.05, 3.63) is 59.9 Å². The average molecular weight is 285 g/mol. The predicted molar refractivity (Wildman–Crippen MR) is 79.9 cm³/mol. The fraction of sp³-hybridized carbons (Fsp3) is 0.312. The van der Waals surface area contributed by atoms with Crippen LogP contribution in [0.5, 0.6) is 0 Å². The lowest BCUT2D eigenvalue weighted by Gasteiger charge is -2.18. The first-order valence-electron chi connectivity index (χ1n) is 7.15. The minimum Gasteiger partial charge on any atom is -0.390 e. The molecule has 2 aromatic rings. The second-order valence-corrected chi connectivity index (χ2v) is 5.27. The molecule has 110 valence electrons. The molecule has 3 N–H and O–H groups in total. The summed E-state index contributed by atoms with van der Waals surface area (Å²) in [5, 5.41) is 15.8. The normalized spacial score (nSPS) is 20.0. The van der Waals surface area contributed by atoms with Gasteiger partial charge in [-0.25, -0.2) is 4.79 Å². The number of aliphatic hydroxyl groups excluding tert-OH is 1. The number of carbonyl (C=O) groups excluding carboxylic acids is 1. The molecule has 1 aliphatic carbocycles. The summed E-state index contributed by atoms with van der Waals surface area (Å²) in [6, 6.07) is 11.1. The van der Waals surface area contributed by atoms with E-state index in [9.17, 15) is 9.90 Å². The fourth-order valence-electron chi connectivity index (χ4n) is 2.76. The maximum absolute atomic E-state index is 11.9. The third-order valence-electron chi connectivity index (χ3n) is 3.81. The Labute approximate surface area is 123 Å². The first-order valence-corrected chi connectivity index (χ1v) is 7.15. The summed E-state index contributed by atoms with van der Waals surface area (Å²) in [4.78, 5) is 11.9. The highest BCUT2D eigenvalue weighted by atomic mass is 16.3. The van der Waals surface area contributed by atoms with Gasteiger partial charge < -0.3 is 20.3 Å². The molecule has 1 aromatic carbocycles. The molecule has 0 fully saturated rings. The van der Waals surface area contributed by atoms with Gasteiger partial charge in [0.05, 0.1) is 12.1 Å². The summed E-state index contributed by atoms with van der Waals surface area (Å²) in [5.41, 5.74) is 2.10. The molecular formula is C16H19N3O2. The molecule has 0 saturated carbocycles. The number of amides is 2. The molecular weight excluding hydrogens is 266 g/mol. The van der Waals surface area contributed by atoms with Gasteiger partial charge in [0.25, 0.3) is 0 Å². The lowest BCUT2D eigenvalue weighted by molar-refractivity contribution is 0.142. The van der Waals surface area contributed by atoms with Crippen LogP contribution in [0, 0.1) is 0 Å². The van der Waals surface area contributed by atoms with E-state index in [0.29, 0.717) is 13.0 Å². The Balaban J connectivity index is 1.53. The highest BCUT2D eigenvalue weighted by molar-refractivity contribution is 5.74. The Morgan fingerprint density at radius 3 is 2.81 bits per heavy atom. The number of benzene rings is 1. The van der Waals surface area contributed by atoms with E-state index in [1.54, 1.807) is 0 Å². The van der Waals surface area contributed by atoms with Crippen LogP contribution in [0.3, 0.4) is 0 Å². The Hall–Kier alpha value is -2.27. The predicted octanol–water partition coefficient (Wildman–Crippen LogP) is 1.45. The molecule has 2 unspecified atom stereocenters. The Morgan fingerprint density at radius 1 is 1.24 bits per heavy atom. The van der Waals surface area contributed by atoms with E-state index >= 15 is 0 Å². The van der Waals surface area contributed by atoms with Crippen LogP contribution in [0.2, 0.25) is 0 Å². The molecule has 2 atom stereocenters. The van der Waals surface area contributed by atoms with Crippen molar-refractivity contribution >= 4 is 6.03 Å². The molecule has 21 heavy (non-hydrogen) atoms. The number of aliphatic hydroxyl groups is 1. The van der Waals surface area contributed by atoms with Crippen LogP contribution in [0.25, 0.3) is 0 Å². The van der Waals surface area contributed by atoms with Crippen LogP contribution in [0.15, 0.2) is 48.8 Å². The second kappa shape index (κ2) is 6.01. The zero-order chi connectivity index (χ0) is 14.7. The summed E-state index contributed by atoms with van der Waals surface area (Å²) in [5.74, 6) is 0. The minimum atomic E-state index is -0.558. The van der Waals surface area contributed by atoms with E-state index in [1.807, 2.05) is 53.4 Å². The monoisotopic (exact) mass is 285 g/mol. The number of nitrogens with zero attached hydrogens (tertiary/aromatic N) is 1. The van der Waals surface area contributed by atoms with Crippen LogP contribution in [0.4, 0.5) is 4.79 Å². The summed E-state index contributed by atoms with van der Waals surface area (Å²) in [6.07, 6.45) is 3.94. The molecule has 2 amide bonds. The van der Waals surface area contributed by atoms with Crippen molar-refractivity contribution in [2.45, 2.75) is 25.1 Å². The quantitative estimate of drug-likeness (QED) is 0.796. The van der Waals surface area contributed by atoms with Crippen molar-refractivity contribution in [3.8, 4) is 0 Å². The number of aromatic nitrogens is 1. The lowest BCUT2D eigenvalue weighted by Crippen LogP contribution is -2.41. The van der Waals surface area contributed by atoms with Crippen LogP contribution in [-0.2, 0) is 13.0 Å². The molecule has 1 heterocycles. The molecule has 1 aliphatic rings. The molecule has 3 rings (SSSR count). The van der Waals surface area contributed by atoms with Crippen LogP contribution in [-0.4, -0.2) is 28.4 Å². The molecule has 0 saturated heterocycles. The number of hydrogen-bond donors (Lipinski definition) is 3. The average Bonchev–Trinajstić information content (AvgIpc) is 3.08. The topological polar surface area (TPSA) is 66.3 Å². The molecule has 0 bridgehead atoms. The zero-order valence-corrected chi connectivity index (χ0v) is 11.7. The highest BCUT2D eigenvalue weighted by Gasteiger charge is 2.31. The summed E-state index contributed by atoms with van der Waals surface area (Å²) >= 11 is 0. The van der Waals surface area contributed by atoms with E-state index in [2.05, 4.69) is 10.6 Å². The smallest absolute Gasteiger partial charge is 0.315 e. The van der Waals surface area contributed by atoms with Gasteiger partial charge in [-0.3, -0.25) is 0 Å². The number of hydrogen-bond acceptors (Lipinski definition) is 2. The lowest BCUT2D eigenvalue weighted by atomic mass is 10.1. The van der Waals surface area contributed by atoms with Gasteiger partial charge in [-0.2, -0.15) is 0 Å². The second-order valence-electron chi connectivity index (χ2n) is 5.27. The van der Waals surface area contributed by atoms with Crippen LogP contribution in [0.1, 0.15) is 17.2 Å². The van der Waals surface area contributed by atoms with Crippen molar-refractivity contribution in [3.63, 3.8) is 0 Å². The minimum absolute atomic E-state index is 0.247. The highest BCUT2D eigenvalue weighted by Crippen LogP contribution is 2.30. The van der Waals surface area contributed by atoms with Gasteiger partial charge in [-0.1, -0.05) is 24.3 Å². The van der Waals surface area contributed by atoms with E-state index in [0.717, 1.165) is 17.7 Å². The van der Waals surface area contributed by atoms with Gasteiger partial charge in [-0.15, -0.1) is 0 Å². The maximum atomic E-state index is 11.9. The van der Waals surface area contributed by atoms with Crippen molar-refractivity contribution < 1.29 is 9.90 Å². The van der Waals surface area contributed by atoms with Crippen molar-refractivity contribution in [1.29, 1.82) is 0 Å². The Morgan fingerprint density at radius 2 is 2.00 bits per heavy atom. The van der Waals surface area contributed by atoms with Gasteiger partial charge in [0, 0.05) is 31.9 Å². The fourth-order valence-corrected chi connectivity index (χ4v) is 2.76. The largest absolute Gasteiger partial charge is 0.390 e. The molecule has 1 aromatic heterocycles. The third-order valence-corrected chi connectivity index (χ3v) is 3.81. The SMILES string of the molecule is O=C(NCCn1cccc1)NC1c2ccccc2CC1O. The molecule has 0 radical (unpaired) electrons. The summed E-state index contributed by atoms with van der Waals surface area (Å²) < 4.78 is 2.00. The number of rotatable bonds is 4. The van der Waals surface area contributed by atoms with E-state index in [-0.39, 0.29) is 12.1 Å². The number of carbonyl (C=O) groups is 1. The Bertz CT molecular complexity index is 610. The zero-order valence-electron chi connectivity index (χ0n) is 11.7. The van der Waals surface area contributed by atoms with Crippen molar-refractivity contribution in [2.75, 3.05) is 6.54 Å². The maximum Gasteiger partial charge on any atom is 0.315 e. The molecule has 0 spiro atoms. The first-order chi connectivity index (χ1) is 10.2. The number of nitrogens with one attached hydrogen (secondary N) is 2. The van der Waals surface area contributed by atoms with Gasteiger partial charge in [0.15, 0.2) is 0 Å². The standard InChI is InChI=1S/C16H19N3O2/c20-14-11-12-5-1-2-6-13(12)15(14)18-16(21)17-7-10-19-8-3-4-9-19/h1-6,8-9,14-15,20H,7,10-11H2,(H2,17,18,21). The van der Waals surface area contributed by atoms with Crippen molar-refractivity contribution in [1.82, 2.24) is 15.2 Å². The summed E-state index contributed by atoms with van der Waals surface area (Å²) in [6.45, 7) is 1.27. The number of urea groups is 1. The number of fused-ring (bicyclic) bond motifs is 1. The van der Waals surface area contributed by atoms with Crippen LogP contribution < -0.4 is 10.6 Å². The van der Waals surface area contributed by atoms with Gasteiger partial charge >= 0.3 is 6.03 Å². The summed E-state index contributed by atoms with van der Waals surface area (Å²) in [7, 11) is 0. The third kappa shape index (κ3) is 3.08. The first kappa shape index (κ1) is 13.7. The Kier molecular flexibility index (Phi) is 3.92. The van der Waals surface area contributed by atoms with E-state index in [4.69, 9.17) is 0 Å². The van der Waals surface area contributed by atoms with E-state index in [1.165, 1.54) is 0 Å². The van der Waals surface area contributed by atoms with Gasteiger partial charge in [0.1, 0.15) is 0 Å². The van der Waals surface area contributed by atoms with Crippen molar-refractivity contribution in [2.24, 2.45) is 0 Å². The molecule has 5 heteroatoms. The molecule has 0 aliphatic heterocycles. The van der Waals surface area contributed by atoms with Gasteiger partial charge in [0.2, 0.25) is 0 Å². The van der Waals surface area contributed by atoms with Gasteiger partial charge in [-0.05, 0) is 23.3 Å².